The average Bonchev–Trinajstić information content (AvgIpc) is 2.56. The molecule has 6 nitrogen and oxygen atoms in total. The van der Waals surface area contributed by atoms with E-state index in [9.17, 15) is 0 Å². The molecular formula is C16H22N2O4. The SMILES string of the molecule is COc1ccc(N)cc1OC.COc1ccccc1OCN. The molecule has 6 heteroatoms. The van der Waals surface area contributed by atoms with Gasteiger partial charge in [-0.15, -0.1) is 0 Å². The minimum Gasteiger partial charge on any atom is -0.493 e. The Morgan fingerprint density at radius 2 is 1.32 bits per heavy atom. The van der Waals surface area contributed by atoms with Crippen molar-refractivity contribution in [3.8, 4) is 23.0 Å². The molecule has 0 heterocycles. The Bertz CT molecular complexity index is 576. The van der Waals surface area contributed by atoms with E-state index in [1.165, 1.54) is 0 Å². The summed E-state index contributed by atoms with van der Waals surface area (Å²) in [5.74, 6) is 2.74. The van der Waals surface area contributed by atoms with Gasteiger partial charge in [0.05, 0.1) is 21.3 Å². The topological polar surface area (TPSA) is 89.0 Å². The molecule has 0 aliphatic rings. The van der Waals surface area contributed by atoms with Crippen LogP contribution < -0.4 is 30.4 Å². The number of benzene rings is 2. The largest absolute Gasteiger partial charge is 0.493 e. The van der Waals surface area contributed by atoms with Gasteiger partial charge in [0, 0.05) is 11.8 Å². The van der Waals surface area contributed by atoms with Crippen LogP contribution in [-0.4, -0.2) is 28.1 Å². The monoisotopic (exact) mass is 306 g/mol. The standard InChI is InChI=1S/2C8H11NO2/c1-10-7-4-3-6(9)5-8(7)11-2;1-10-7-4-2-3-5-8(7)11-6-9/h3-5H,9H2,1-2H3;2-5H,6,9H2,1H3. The molecule has 22 heavy (non-hydrogen) atoms. The first-order valence-electron chi connectivity index (χ1n) is 6.59. The molecule has 0 fully saturated rings. The van der Waals surface area contributed by atoms with Crippen molar-refractivity contribution in [1.29, 1.82) is 0 Å². The molecule has 0 bridgehead atoms. The van der Waals surface area contributed by atoms with Crippen molar-refractivity contribution in [2.75, 3.05) is 33.8 Å². The van der Waals surface area contributed by atoms with Crippen molar-refractivity contribution in [1.82, 2.24) is 0 Å². The molecule has 4 N–H and O–H groups in total. The number of hydrogen-bond acceptors (Lipinski definition) is 6. The van der Waals surface area contributed by atoms with E-state index in [1.54, 1.807) is 39.5 Å². The Morgan fingerprint density at radius 1 is 0.773 bits per heavy atom. The van der Waals surface area contributed by atoms with Crippen molar-refractivity contribution in [3.63, 3.8) is 0 Å². The molecule has 2 aromatic carbocycles. The lowest BCUT2D eigenvalue weighted by molar-refractivity contribution is 0.303. The molecule has 0 unspecified atom stereocenters. The number of nitrogen functional groups attached to an aromatic ring is 1. The Kier molecular flexibility index (Phi) is 7.42. The van der Waals surface area contributed by atoms with Gasteiger partial charge < -0.3 is 24.7 Å². The van der Waals surface area contributed by atoms with Crippen molar-refractivity contribution in [3.05, 3.63) is 42.5 Å². The lowest BCUT2D eigenvalue weighted by Crippen LogP contribution is -2.07. The molecule has 120 valence electrons. The van der Waals surface area contributed by atoms with E-state index >= 15 is 0 Å². The van der Waals surface area contributed by atoms with Crippen LogP contribution in [-0.2, 0) is 0 Å². The fourth-order valence-electron chi connectivity index (χ4n) is 1.68. The van der Waals surface area contributed by atoms with E-state index in [0.29, 0.717) is 28.7 Å². The molecule has 0 spiro atoms. The summed E-state index contributed by atoms with van der Waals surface area (Å²) < 4.78 is 20.1. The lowest BCUT2D eigenvalue weighted by atomic mass is 10.3. The van der Waals surface area contributed by atoms with Gasteiger partial charge in [0.25, 0.3) is 0 Å². The Labute approximate surface area is 130 Å². The van der Waals surface area contributed by atoms with Crippen LogP contribution in [0.2, 0.25) is 0 Å². The molecule has 0 aliphatic carbocycles. The van der Waals surface area contributed by atoms with Crippen molar-refractivity contribution in [2.45, 2.75) is 0 Å². The van der Waals surface area contributed by atoms with E-state index in [1.807, 2.05) is 24.3 Å². The Hall–Kier alpha value is -2.60. The first-order chi connectivity index (χ1) is 10.7. The zero-order chi connectivity index (χ0) is 16.4. The van der Waals surface area contributed by atoms with Crippen LogP contribution in [0.25, 0.3) is 0 Å². The van der Waals surface area contributed by atoms with Crippen LogP contribution in [0.1, 0.15) is 0 Å². The van der Waals surface area contributed by atoms with Crippen LogP contribution in [0.3, 0.4) is 0 Å². The summed E-state index contributed by atoms with van der Waals surface area (Å²) in [4.78, 5) is 0. The third kappa shape index (κ3) is 5.06. The van der Waals surface area contributed by atoms with E-state index in [4.69, 9.17) is 30.4 Å². The summed E-state index contributed by atoms with van der Waals surface area (Å²) in [6.45, 7) is 0.167. The molecule has 0 aromatic heterocycles. The molecule has 0 saturated carbocycles. The average molecular weight is 306 g/mol. The summed E-state index contributed by atoms with van der Waals surface area (Å²) in [6, 6.07) is 12.6. The zero-order valence-electron chi connectivity index (χ0n) is 13.0. The van der Waals surface area contributed by atoms with Gasteiger partial charge >= 0.3 is 0 Å². The maximum atomic E-state index is 5.52. The van der Waals surface area contributed by atoms with Gasteiger partial charge in [0.15, 0.2) is 23.0 Å². The van der Waals surface area contributed by atoms with Gasteiger partial charge in [-0.2, -0.15) is 0 Å². The number of ether oxygens (including phenoxy) is 4. The molecule has 2 rings (SSSR count). The van der Waals surface area contributed by atoms with E-state index in [-0.39, 0.29) is 6.73 Å². The second kappa shape index (κ2) is 9.36. The number of hydrogen-bond donors (Lipinski definition) is 2. The number of rotatable bonds is 5. The molecule has 0 saturated heterocycles. The van der Waals surface area contributed by atoms with Gasteiger partial charge in [-0.1, -0.05) is 12.1 Å². The van der Waals surface area contributed by atoms with Gasteiger partial charge in [0.1, 0.15) is 6.73 Å². The maximum absolute atomic E-state index is 5.52. The van der Waals surface area contributed by atoms with Crippen LogP contribution in [0, 0.1) is 0 Å². The lowest BCUT2D eigenvalue weighted by Gasteiger charge is -2.06. The van der Waals surface area contributed by atoms with Gasteiger partial charge in [-0.05, 0) is 24.3 Å². The summed E-state index contributed by atoms with van der Waals surface area (Å²) in [6.07, 6.45) is 0. The number of para-hydroxylation sites is 2. The molecule has 2 aromatic rings. The molecular weight excluding hydrogens is 284 g/mol. The van der Waals surface area contributed by atoms with Gasteiger partial charge in [0.2, 0.25) is 0 Å². The zero-order valence-corrected chi connectivity index (χ0v) is 13.0. The molecule has 0 aliphatic heterocycles. The summed E-state index contributed by atoms with van der Waals surface area (Å²) >= 11 is 0. The summed E-state index contributed by atoms with van der Waals surface area (Å²) in [5, 5.41) is 0. The van der Waals surface area contributed by atoms with Crippen LogP contribution in [0.15, 0.2) is 42.5 Å². The van der Waals surface area contributed by atoms with E-state index in [2.05, 4.69) is 0 Å². The minimum atomic E-state index is 0.167. The highest BCUT2D eigenvalue weighted by molar-refractivity contribution is 5.51. The predicted molar refractivity (Wildman–Crippen MR) is 86.6 cm³/mol. The smallest absolute Gasteiger partial charge is 0.163 e. The van der Waals surface area contributed by atoms with Gasteiger partial charge in [-0.25, -0.2) is 0 Å². The Morgan fingerprint density at radius 3 is 1.86 bits per heavy atom. The molecule has 0 radical (unpaired) electrons. The third-order valence-corrected chi connectivity index (χ3v) is 2.72. The highest BCUT2D eigenvalue weighted by Gasteiger charge is 2.01. The number of nitrogens with two attached hydrogens (primary N) is 2. The summed E-state index contributed by atoms with van der Waals surface area (Å²) in [5.41, 5.74) is 11.4. The van der Waals surface area contributed by atoms with E-state index in [0.717, 1.165) is 0 Å². The Balaban J connectivity index is 0.000000220. The predicted octanol–water partition coefficient (Wildman–Crippen LogP) is 2.28. The minimum absolute atomic E-state index is 0.167. The second-order valence-corrected chi connectivity index (χ2v) is 4.08. The molecule has 0 atom stereocenters. The van der Waals surface area contributed by atoms with Crippen LogP contribution >= 0.6 is 0 Å². The van der Waals surface area contributed by atoms with E-state index < -0.39 is 0 Å². The highest BCUT2D eigenvalue weighted by Crippen LogP contribution is 2.28. The molecule has 0 amide bonds. The van der Waals surface area contributed by atoms with Crippen molar-refractivity contribution < 1.29 is 18.9 Å². The van der Waals surface area contributed by atoms with Gasteiger partial charge in [-0.3, -0.25) is 5.73 Å². The van der Waals surface area contributed by atoms with Crippen molar-refractivity contribution >= 4 is 5.69 Å². The third-order valence-electron chi connectivity index (χ3n) is 2.72. The highest BCUT2D eigenvalue weighted by atomic mass is 16.5. The van der Waals surface area contributed by atoms with Crippen molar-refractivity contribution in [2.24, 2.45) is 5.73 Å². The maximum Gasteiger partial charge on any atom is 0.163 e. The number of methoxy groups -OCH3 is 3. The fourth-order valence-corrected chi connectivity index (χ4v) is 1.68. The van der Waals surface area contributed by atoms with Crippen LogP contribution in [0.5, 0.6) is 23.0 Å². The second-order valence-electron chi connectivity index (χ2n) is 4.08. The normalized spacial score (nSPS) is 9.27. The fraction of sp³-hybridized carbons (Fsp3) is 0.250. The first-order valence-corrected chi connectivity index (χ1v) is 6.59. The summed E-state index contributed by atoms with van der Waals surface area (Å²) in [7, 11) is 4.77. The quantitative estimate of drug-likeness (QED) is 0.651. The first kappa shape index (κ1) is 17.5. The number of anilines is 1. The van der Waals surface area contributed by atoms with Crippen LogP contribution in [0.4, 0.5) is 5.69 Å².